The Hall–Kier alpha value is -1.82. The van der Waals surface area contributed by atoms with Crippen LogP contribution < -0.4 is 4.74 Å². The van der Waals surface area contributed by atoms with Gasteiger partial charge in [-0.3, -0.25) is 0 Å². The molecular formula is C23H25BrN2O2. The average molecular weight is 441 g/mol. The van der Waals surface area contributed by atoms with Gasteiger partial charge in [0.1, 0.15) is 5.75 Å². The lowest BCUT2D eigenvalue weighted by molar-refractivity contribution is -0.0972. The molecule has 2 aliphatic rings. The van der Waals surface area contributed by atoms with Crippen molar-refractivity contribution in [3.8, 4) is 5.75 Å². The molecule has 0 bridgehead atoms. The van der Waals surface area contributed by atoms with Crippen LogP contribution >= 0.6 is 15.9 Å². The molecule has 4 nitrogen and oxygen atoms in total. The normalized spacial score (nSPS) is 27.4. The van der Waals surface area contributed by atoms with Crippen molar-refractivity contribution >= 4 is 26.8 Å². The van der Waals surface area contributed by atoms with Gasteiger partial charge in [0.2, 0.25) is 0 Å². The number of β-amino-alcohol motifs (C(OH)–C–C–N with tert-alkyl or cyclic N) is 1. The minimum absolute atomic E-state index is 0.320. The van der Waals surface area contributed by atoms with Crippen molar-refractivity contribution < 1.29 is 9.84 Å². The Kier molecular flexibility index (Phi) is 4.13. The van der Waals surface area contributed by atoms with Crippen molar-refractivity contribution in [2.45, 2.75) is 30.3 Å². The number of halogens is 1. The van der Waals surface area contributed by atoms with E-state index in [0.717, 1.165) is 35.1 Å². The van der Waals surface area contributed by atoms with Gasteiger partial charge in [0.25, 0.3) is 0 Å². The van der Waals surface area contributed by atoms with Crippen LogP contribution in [-0.2, 0) is 18.3 Å². The van der Waals surface area contributed by atoms with Crippen LogP contribution in [-0.4, -0.2) is 47.8 Å². The maximum absolute atomic E-state index is 12.1. The number of benzene rings is 2. The zero-order valence-electron chi connectivity index (χ0n) is 16.3. The lowest BCUT2D eigenvalue weighted by Gasteiger charge is -2.56. The molecule has 0 saturated carbocycles. The molecule has 0 spiro atoms. The summed E-state index contributed by atoms with van der Waals surface area (Å²) in [5.41, 5.74) is 3.69. The number of nitrogens with one attached hydrogen (secondary N) is 1. The Morgan fingerprint density at radius 2 is 2.04 bits per heavy atom. The second-order valence-corrected chi connectivity index (χ2v) is 9.37. The number of aromatic nitrogens is 1. The third-order valence-corrected chi connectivity index (χ3v) is 7.36. The number of methoxy groups -OCH3 is 1. The lowest BCUT2D eigenvalue weighted by Crippen LogP contribution is -2.65. The van der Waals surface area contributed by atoms with E-state index in [9.17, 15) is 5.11 Å². The molecular weight excluding hydrogens is 416 g/mol. The van der Waals surface area contributed by atoms with Gasteiger partial charge in [-0.1, -0.05) is 34.1 Å². The Bertz CT molecular complexity index is 1060. The highest BCUT2D eigenvalue weighted by atomic mass is 79.9. The Balaban J connectivity index is 1.71. The standard InChI is InChI=1S/C23H25BrN2O2/c1-26-9-8-22(15-4-3-5-17(10-15)28-2)13-21-19(12-23(22,27)14-26)18-7-6-16(24)11-20(18)25-21/h3-7,10-11,25,27H,8-9,12-14H2,1-2H3/t22-,23-/m0/s1. The molecule has 28 heavy (non-hydrogen) atoms. The number of hydrogen-bond acceptors (Lipinski definition) is 3. The molecule has 0 amide bonds. The first-order valence-electron chi connectivity index (χ1n) is 9.79. The predicted octanol–water partition coefficient (Wildman–Crippen LogP) is 4.04. The van der Waals surface area contributed by atoms with Crippen LogP contribution in [0.15, 0.2) is 46.9 Å². The van der Waals surface area contributed by atoms with Gasteiger partial charge in [0.05, 0.1) is 12.7 Å². The molecule has 5 rings (SSSR count). The lowest BCUT2D eigenvalue weighted by atomic mass is 9.56. The summed E-state index contributed by atoms with van der Waals surface area (Å²) in [5.74, 6) is 0.847. The molecule has 1 aromatic heterocycles. The highest BCUT2D eigenvalue weighted by molar-refractivity contribution is 9.10. The number of aliphatic hydroxyl groups is 1. The molecule has 146 valence electrons. The number of hydrogen-bond donors (Lipinski definition) is 2. The molecule has 3 aromatic rings. The van der Waals surface area contributed by atoms with Gasteiger partial charge in [-0.15, -0.1) is 0 Å². The van der Waals surface area contributed by atoms with E-state index >= 15 is 0 Å². The molecule has 2 N–H and O–H groups in total. The van der Waals surface area contributed by atoms with Gasteiger partial charge in [-0.2, -0.15) is 0 Å². The van der Waals surface area contributed by atoms with Crippen molar-refractivity contribution in [2.24, 2.45) is 0 Å². The highest BCUT2D eigenvalue weighted by Crippen LogP contribution is 2.51. The quantitative estimate of drug-likeness (QED) is 0.631. The maximum Gasteiger partial charge on any atom is 0.119 e. The summed E-state index contributed by atoms with van der Waals surface area (Å²) in [7, 11) is 3.81. The fourth-order valence-electron chi connectivity index (χ4n) is 5.44. The van der Waals surface area contributed by atoms with Crippen molar-refractivity contribution in [1.82, 2.24) is 9.88 Å². The van der Waals surface area contributed by atoms with Crippen LogP contribution in [0.25, 0.3) is 10.9 Å². The molecule has 2 atom stereocenters. The molecule has 2 heterocycles. The number of nitrogens with zero attached hydrogens (tertiary/aromatic N) is 1. The first kappa shape index (κ1) is 18.2. The van der Waals surface area contributed by atoms with Crippen LogP contribution in [0, 0.1) is 0 Å². The molecule has 2 aromatic carbocycles. The molecule has 1 saturated heterocycles. The smallest absolute Gasteiger partial charge is 0.119 e. The van der Waals surface area contributed by atoms with Gasteiger partial charge in [-0.05, 0) is 55.4 Å². The fourth-order valence-corrected chi connectivity index (χ4v) is 5.80. The first-order chi connectivity index (χ1) is 13.4. The highest BCUT2D eigenvalue weighted by Gasteiger charge is 2.57. The number of H-pyrrole nitrogens is 1. The van der Waals surface area contributed by atoms with Crippen LogP contribution in [0.5, 0.6) is 5.75 Å². The topological polar surface area (TPSA) is 48.5 Å². The molecule has 1 fully saturated rings. The summed E-state index contributed by atoms with van der Waals surface area (Å²) in [5, 5.41) is 13.3. The van der Waals surface area contributed by atoms with E-state index in [1.54, 1.807) is 7.11 Å². The van der Waals surface area contributed by atoms with E-state index < -0.39 is 5.60 Å². The van der Waals surface area contributed by atoms with Crippen molar-refractivity contribution in [1.29, 1.82) is 0 Å². The summed E-state index contributed by atoms with van der Waals surface area (Å²) >= 11 is 3.58. The van der Waals surface area contributed by atoms with Gasteiger partial charge >= 0.3 is 0 Å². The molecule has 1 aliphatic heterocycles. The minimum Gasteiger partial charge on any atom is -0.497 e. The largest absolute Gasteiger partial charge is 0.497 e. The van der Waals surface area contributed by atoms with Crippen molar-refractivity contribution in [3.63, 3.8) is 0 Å². The Morgan fingerprint density at radius 1 is 1.18 bits per heavy atom. The maximum atomic E-state index is 12.1. The van der Waals surface area contributed by atoms with E-state index in [1.165, 1.54) is 22.2 Å². The van der Waals surface area contributed by atoms with Gasteiger partial charge in [0, 0.05) is 45.9 Å². The molecule has 1 aliphatic carbocycles. The zero-order valence-corrected chi connectivity index (χ0v) is 17.8. The van der Waals surface area contributed by atoms with Crippen molar-refractivity contribution in [2.75, 3.05) is 27.2 Å². The SMILES string of the molecule is COc1cccc([C@@]23CCN(C)C[C@@]2(O)Cc2c([nH]c4cc(Br)ccc24)C3)c1. The van der Waals surface area contributed by atoms with Gasteiger partial charge in [0.15, 0.2) is 0 Å². The molecule has 0 unspecified atom stereocenters. The number of fused-ring (bicyclic) bond motifs is 4. The second-order valence-electron chi connectivity index (χ2n) is 8.46. The van der Waals surface area contributed by atoms with Gasteiger partial charge < -0.3 is 19.7 Å². The van der Waals surface area contributed by atoms with E-state index in [2.05, 4.69) is 63.2 Å². The summed E-state index contributed by atoms with van der Waals surface area (Å²) in [4.78, 5) is 5.91. The minimum atomic E-state index is -0.818. The number of likely N-dealkylation sites (N-methyl/N-ethyl adjacent to an activating group) is 1. The second kappa shape index (κ2) is 6.34. The van der Waals surface area contributed by atoms with Crippen LogP contribution in [0.2, 0.25) is 0 Å². The summed E-state index contributed by atoms with van der Waals surface area (Å²) in [6.07, 6.45) is 2.39. The zero-order chi connectivity index (χ0) is 19.5. The average Bonchev–Trinajstić information content (AvgIpc) is 3.01. The van der Waals surface area contributed by atoms with E-state index in [-0.39, 0.29) is 5.41 Å². The Morgan fingerprint density at radius 3 is 2.86 bits per heavy atom. The van der Waals surface area contributed by atoms with E-state index in [1.807, 2.05) is 12.1 Å². The number of likely N-dealkylation sites (tertiary alicyclic amines) is 1. The third-order valence-electron chi connectivity index (χ3n) is 6.87. The number of rotatable bonds is 2. The molecule has 5 heteroatoms. The van der Waals surface area contributed by atoms with E-state index in [0.29, 0.717) is 13.0 Å². The first-order valence-corrected chi connectivity index (χ1v) is 10.6. The molecule has 0 radical (unpaired) electrons. The summed E-state index contributed by atoms with van der Waals surface area (Å²) in [6.45, 7) is 1.65. The third kappa shape index (κ3) is 2.56. The monoisotopic (exact) mass is 440 g/mol. The number of piperidine rings is 1. The predicted molar refractivity (Wildman–Crippen MR) is 115 cm³/mol. The van der Waals surface area contributed by atoms with Crippen molar-refractivity contribution in [3.05, 3.63) is 63.8 Å². The summed E-state index contributed by atoms with van der Waals surface area (Å²) < 4.78 is 6.57. The van der Waals surface area contributed by atoms with Gasteiger partial charge in [-0.25, -0.2) is 0 Å². The number of aromatic amines is 1. The van der Waals surface area contributed by atoms with Crippen LogP contribution in [0.1, 0.15) is 23.2 Å². The number of ether oxygens (including phenoxy) is 1. The fraction of sp³-hybridized carbons (Fsp3) is 0.391. The summed E-state index contributed by atoms with van der Waals surface area (Å²) in [6, 6.07) is 14.7. The van der Waals surface area contributed by atoms with Crippen LogP contribution in [0.4, 0.5) is 0 Å². The Labute approximate surface area is 173 Å². The van der Waals surface area contributed by atoms with E-state index in [4.69, 9.17) is 4.74 Å². The van der Waals surface area contributed by atoms with Crippen LogP contribution in [0.3, 0.4) is 0 Å².